The van der Waals surface area contributed by atoms with Crippen molar-refractivity contribution < 1.29 is 66.9 Å². The van der Waals surface area contributed by atoms with Crippen molar-refractivity contribution in [3.05, 3.63) is 0 Å². The topological polar surface area (TPSA) is 270 Å². The largest absolute Gasteiger partial charge is 0.342 e. The highest BCUT2D eigenvalue weighted by atomic mass is 31.2. The van der Waals surface area contributed by atoms with E-state index in [9.17, 15) is 62.3 Å². The second kappa shape index (κ2) is 43.7. The highest BCUT2D eigenvalue weighted by Gasteiger charge is 2.39. The van der Waals surface area contributed by atoms with Gasteiger partial charge >= 0.3 is 0 Å². The summed E-state index contributed by atoms with van der Waals surface area (Å²) in [5, 5.41) is 3.18. The Labute approximate surface area is 477 Å². The fourth-order valence-corrected chi connectivity index (χ4v) is 11.1. The van der Waals surface area contributed by atoms with E-state index < -0.39 is 31.2 Å². The first kappa shape index (κ1) is 75.0. The predicted octanol–water partition coefficient (Wildman–Crippen LogP) is 6.88. The first-order chi connectivity index (χ1) is 38.0. The molecule has 0 aliphatic heterocycles. The van der Waals surface area contributed by atoms with Gasteiger partial charge in [0, 0.05) is 220 Å². The lowest BCUT2D eigenvalue weighted by atomic mass is 10.1. The third-order valence-electron chi connectivity index (χ3n) is 14.1. The minimum Gasteiger partial charge on any atom is -0.342 e. The molecule has 0 saturated heterocycles. The van der Waals surface area contributed by atoms with Crippen LogP contribution in [0.3, 0.4) is 0 Å². The first-order valence-corrected chi connectivity index (χ1v) is 31.2. The van der Waals surface area contributed by atoms with Gasteiger partial charge < -0.3 is 19.6 Å². The molecule has 0 fully saturated rings. The van der Waals surface area contributed by atoms with Crippen LogP contribution in [0, 0.1) is 0 Å². The Morgan fingerprint density at radius 1 is 0.300 bits per heavy atom. The van der Waals surface area contributed by atoms with Crippen LogP contribution in [0.15, 0.2) is 0 Å². The van der Waals surface area contributed by atoms with Crippen molar-refractivity contribution in [1.29, 1.82) is 0 Å². The Kier molecular flexibility index (Phi) is 41.0. The number of hydrogen-bond donors (Lipinski definition) is 1. The normalized spacial score (nSPS) is 11.9. The molecule has 0 radical (unpaired) electrons. The van der Waals surface area contributed by atoms with Crippen LogP contribution in [0.2, 0.25) is 0 Å². The van der Waals surface area contributed by atoms with Crippen molar-refractivity contribution in [2.24, 2.45) is 0 Å². The number of nitrogens with one attached hydrogen (secondary N) is 1. The van der Waals surface area contributed by atoms with Crippen LogP contribution >= 0.6 is 7.59 Å². The highest BCUT2D eigenvalue weighted by Crippen LogP contribution is 2.50. The van der Waals surface area contributed by atoms with Gasteiger partial charge in [0.1, 0.15) is 52.0 Å². The highest BCUT2D eigenvalue weighted by molar-refractivity contribution is 7.57. The van der Waals surface area contributed by atoms with E-state index in [1.54, 1.807) is 48.5 Å². The van der Waals surface area contributed by atoms with E-state index in [1.807, 2.05) is 6.92 Å². The average Bonchev–Trinajstić information content (AvgIpc) is 3.44. The van der Waals surface area contributed by atoms with Gasteiger partial charge in [-0.2, -0.15) is 0 Å². The zero-order chi connectivity index (χ0) is 60.6. The van der Waals surface area contributed by atoms with Crippen LogP contribution in [-0.4, -0.2) is 190 Å². The fraction of sp³-hybridized carbons (Fsp3) is 0.776. The Balaban J connectivity index is 8.24. The summed E-state index contributed by atoms with van der Waals surface area (Å²) in [4.78, 5) is 176. The van der Waals surface area contributed by atoms with Crippen molar-refractivity contribution >= 4 is 83.3 Å². The quantitative estimate of drug-likeness (QED) is 0.0480. The number of Topliss-reactive ketones (excluding diaryl/α,β-unsaturated/α-hetero) is 9. The molecule has 0 aromatic rings. The molecule has 0 spiro atoms. The molecule has 0 aliphatic rings. The van der Waals surface area contributed by atoms with Gasteiger partial charge in [-0.05, 0) is 19.8 Å². The second-order valence-corrected chi connectivity index (χ2v) is 22.8. The van der Waals surface area contributed by atoms with E-state index in [0.29, 0.717) is 12.8 Å². The molecule has 0 rings (SSSR count). The van der Waals surface area contributed by atoms with Gasteiger partial charge in [-0.3, -0.25) is 66.9 Å². The molecule has 0 aliphatic carbocycles. The smallest absolute Gasteiger partial charge is 0.284 e. The second-order valence-electron chi connectivity index (χ2n) is 20.2. The summed E-state index contributed by atoms with van der Waals surface area (Å²) in [6.07, 6.45) is 1.63. The Bertz CT molecular complexity index is 1960. The van der Waals surface area contributed by atoms with E-state index in [2.05, 4.69) is 5.09 Å². The molecule has 0 heterocycles. The zero-order valence-electron chi connectivity index (χ0n) is 50.3. The molecule has 1 atom stereocenters. The van der Waals surface area contributed by atoms with E-state index in [4.69, 9.17) is 0 Å². The minimum absolute atomic E-state index is 0.000262. The van der Waals surface area contributed by atoms with Crippen molar-refractivity contribution in [3.63, 3.8) is 0 Å². The summed E-state index contributed by atoms with van der Waals surface area (Å²) in [5.41, 5.74) is 0. The molecule has 0 aromatic heterocycles. The molecular weight excluding hydrogens is 1050 g/mol. The predicted molar refractivity (Wildman–Crippen MR) is 307 cm³/mol. The standard InChI is InChI=1S/C58H100N7O14P/c1-10-19-54(74)20-18-33-59-80(79,64(42-29-55(75)60(34-21-46(9)66)35-22-47(67)11-2)43-30-56(76)61(36-23-48(68)12-3)37-24-49(69)13-4)65(44-31-57(77)62(38-25-50(70)14-5)39-26-51(71)15-6)45-32-58(78)63(40-27-52(72)16-7)41-28-53(73)17-8/h10-45H2,1-9H3,(H,59,79). The molecule has 0 aromatic carbocycles. The van der Waals surface area contributed by atoms with Gasteiger partial charge in [0.05, 0.1) is 0 Å². The SMILES string of the molecule is CCCC(=O)CCCNP(=O)(N(CCC(=O)N(CCC(C)=O)CCC(=O)CC)CCC(=O)N(CCC(=O)CC)CCC(=O)CC)N(CCC(=O)N(CCC(=O)CC)CCC(=O)CC)CCC(=O)N(CCC(=O)CC)CCC(=O)CC. The van der Waals surface area contributed by atoms with Crippen LogP contribution in [0.25, 0.3) is 0 Å². The summed E-state index contributed by atoms with van der Waals surface area (Å²) in [6.45, 7) is 13.9. The van der Waals surface area contributed by atoms with Gasteiger partial charge in [-0.25, -0.2) is 14.4 Å². The summed E-state index contributed by atoms with van der Waals surface area (Å²) in [6, 6.07) is 0. The molecule has 456 valence electrons. The molecule has 0 saturated carbocycles. The Hall–Kier alpha value is -4.98. The molecule has 1 N–H and O–H groups in total. The number of hydrogen-bond acceptors (Lipinski definition) is 14. The summed E-state index contributed by atoms with van der Waals surface area (Å²) in [5.74, 6) is -2.92. The van der Waals surface area contributed by atoms with Crippen LogP contribution in [-0.2, 0) is 66.9 Å². The number of carbonyl (C=O) groups excluding carboxylic acids is 13. The Morgan fingerprint density at radius 2 is 0.537 bits per heavy atom. The maximum absolute atomic E-state index is 16.7. The lowest BCUT2D eigenvalue weighted by Crippen LogP contribution is -2.45. The van der Waals surface area contributed by atoms with Crippen molar-refractivity contribution in [3.8, 4) is 0 Å². The number of ketones is 9. The lowest BCUT2D eigenvalue weighted by Gasteiger charge is -2.40. The van der Waals surface area contributed by atoms with Crippen LogP contribution < -0.4 is 5.09 Å². The molecule has 80 heavy (non-hydrogen) atoms. The van der Waals surface area contributed by atoms with Crippen LogP contribution in [0.5, 0.6) is 0 Å². The van der Waals surface area contributed by atoms with Gasteiger partial charge in [0.25, 0.3) is 7.59 Å². The van der Waals surface area contributed by atoms with Gasteiger partial charge in [-0.1, -0.05) is 55.4 Å². The van der Waals surface area contributed by atoms with Crippen molar-refractivity contribution in [1.82, 2.24) is 34.0 Å². The fourth-order valence-electron chi connectivity index (χ4n) is 8.38. The first-order valence-electron chi connectivity index (χ1n) is 29.6. The molecule has 0 bridgehead atoms. The average molecular weight is 1150 g/mol. The maximum atomic E-state index is 16.7. The molecule has 4 amide bonds. The van der Waals surface area contributed by atoms with E-state index in [1.165, 1.54) is 35.9 Å². The summed E-state index contributed by atoms with van der Waals surface area (Å²) < 4.78 is 19.6. The summed E-state index contributed by atoms with van der Waals surface area (Å²) >= 11 is 0. The van der Waals surface area contributed by atoms with E-state index >= 15 is 4.57 Å². The van der Waals surface area contributed by atoms with Gasteiger partial charge in [-0.15, -0.1) is 0 Å². The maximum Gasteiger partial charge on any atom is 0.284 e. The molecule has 22 heteroatoms. The number of amides is 4. The van der Waals surface area contributed by atoms with Gasteiger partial charge in [0.15, 0.2) is 0 Å². The van der Waals surface area contributed by atoms with Crippen molar-refractivity contribution in [2.75, 3.05) is 85.1 Å². The number of rotatable bonds is 52. The summed E-state index contributed by atoms with van der Waals surface area (Å²) in [7, 11) is -4.45. The van der Waals surface area contributed by atoms with Crippen LogP contribution in [0.4, 0.5) is 0 Å². The van der Waals surface area contributed by atoms with E-state index in [0.717, 1.165) is 0 Å². The molecular formula is C58H100N7O14P. The lowest BCUT2D eigenvalue weighted by molar-refractivity contribution is -0.134. The number of nitrogens with zero attached hydrogens (tertiary/aromatic N) is 6. The van der Waals surface area contributed by atoms with Gasteiger partial charge in [0.2, 0.25) is 23.6 Å². The Morgan fingerprint density at radius 3 is 0.750 bits per heavy atom. The molecule has 21 nitrogen and oxygen atoms in total. The monoisotopic (exact) mass is 1150 g/mol. The van der Waals surface area contributed by atoms with E-state index in [-0.39, 0.29) is 272 Å². The van der Waals surface area contributed by atoms with Crippen LogP contribution in [0.1, 0.15) is 210 Å². The molecule has 1 unspecified atom stereocenters. The zero-order valence-corrected chi connectivity index (χ0v) is 51.2. The minimum atomic E-state index is -4.45. The third kappa shape index (κ3) is 32.5. The van der Waals surface area contributed by atoms with Crippen molar-refractivity contribution in [2.45, 2.75) is 210 Å². The number of carbonyl (C=O) groups is 13. The third-order valence-corrected chi connectivity index (χ3v) is 17.1.